The Kier molecular flexibility index (Phi) is 1.85. The molecule has 1 heterocycles. The predicted octanol–water partition coefficient (Wildman–Crippen LogP) is 3.03. The van der Waals surface area contributed by atoms with Gasteiger partial charge < -0.3 is 5.73 Å². The van der Waals surface area contributed by atoms with Crippen LogP contribution in [0.25, 0.3) is 21.9 Å². The predicted molar refractivity (Wildman–Crippen MR) is 75.0 cm³/mol. The fourth-order valence-electron chi connectivity index (χ4n) is 2.79. The standard InChI is InChI=1S/C16H10N2O/c17-12-7-6-9-3-1-4-11-13(9)14(12)10-5-2-8-18-15(10)16(11)19/h1-8H,17H2. The summed E-state index contributed by atoms with van der Waals surface area (Å²) in [5.41, 5.74) is 9.73. The van der Waals surface area contributed by atoms with Gasteiger partial charge in [0, 0.05) is 34.0 Å². The number of nitrogens with two attached hydrogens (primary N) is 1. The molecule has 0 saturated heterocycles. The highest BCUT2D eigenvalue weighted by Crippen LogP contribution is 2.41. The Morgan fingerprint density at radius 1 is 0.947 bits per heavy atom. The van der Waals surface area contributed by atoms with Crippen LogP contribution in [-0.4, -0.2) is 10.8 Å². The minimum atomic E-state index is -0.0284. The van der Waals surface area contributed by atoms with Gasteiger partial charge >= 0.3 is 0 Å². The first-order valence-electron chi connectivity index (χ1n) is 6.08. The Balaban J connectivity index is 2.31. The van der Waals surface area contributed by atoms with Crippen molar-refractivity contribution in [2.75, 3.05) is 5.73 Å². The van der Waals surface area contributed by atoms with Crippen molar-refractivity contribution in [3.05, 3.63) is 59.9 Å². The molecule has 0 amide bonds. The van der Waals surface area contributed by atoms with Crippen LogP contribution in [-0.2, 0) is 0 Å². The van der Waals surface area contributed by atoms with E-state index < -0.39 is 0 Å². The maximum atomic E-state index is 12.5. The number of pyridine rings is 1. The zero-order valence-corrected chi connectivity index (χ0v) is 10.1. The summed E-state index contributed by atoms with van der Waals surface area (Å²) in [6, 6.07) is 13.3. The molecule has 90 valence electrons. The molecule has 0 saturated carbocycles. The molecular formula is C16H10N2O. The summed E-state index contributed by atoms with van der Waals surface area (Å²) in [5.74, 6) is -0.0284. The lowest BCUT2D eigenvalue weighted by atomic mass is 9.84. The highest BCUT2D eigenvalue weighted by Gasteiger charge is 2.27. The van der Waals surface area contributed by atoms with Gasteiger partial charge in [0.25, 0.3) is 0 Å². The fraction of sp³-hybridized carbons (Fsp3) is 0. The second kappa shape index (κ2) is 3.42. The van der Waals surface area contributed by atoms with Gasteiger partial charge in [-0.3, -0.25) is 9.78 Å². The Labute approximate surface area is 109 Å². The Hall–Kier alpha value is -2.68. The average Bonchev–Trinajstić information content (AvgIpc) is 2.45. The summed E-state index contributed by atoms with van der Waals surface area (Å²) in [6.45, 7) is 0. The SMILES string of the molecule is Nc1ccc2cccc3c2c1-c1cccnc1C3=O. The van der Waals surface area contributed by atoms with Crippen LogP contribution in [0.4, 0.5) is 5.69 Å². The quantitative estimate of drug-likeness (QED) is 0.485. The second-order valence-electron chi connectivity index (χ2n) is 4.66. The van der Waals surface area contributed by atoms with Gasteiger partial charge in [-0.1, -0.05) is 30.3 Å². The third-order valence-electron chi connectivity index (χ3n) is 3.61. The lowest BCUT2D eigenvalue weighted by molar-refractivity contribution is 0.103. The van der Waals surface area contributed by atoms with E-state index >= 15 is 0 Å². The number of carbonyl (C=O) groups is 1. The van der Waals surface area contributed by atoms with Gasteiger partial charge in [-0.05, 0) is 17.5 Å². The molecule has 2 N–H and O–H groups in total. The van der Waals surface area contributed by atoms with Crippen LogP contribution >= 0.6 is 0 Å². The van der Waals surface area contributed by atoms with Crippen molar-refractivity contribution in [1.29, 1.82) is 0 Å². The molecule has 1 aliphatic carbocycles. The van der Waals surface area contributed by atoms with Crippen LogP contribution in [0, 0.1) is 0 Å². The van der Waals surface area contributed by atoms with Gasteiger partial charge in [0.05, 0.1) is 0 Å². The molecule has 0 fully saturated rings. The normalized spacial score (nSPS) is 12.5. The van der Waals surface area contributed by atoms with E-state index in [4.69, 9.17) is 5.73 Å². The number of anilines is 1. The van der Waals surface area contributed by atoms with Gasteiger partial charge in [-0.15, -0.1) is 0 Å². The molecule has 1 aliphatic rings. The van der Waals surface area contributed by atoms with Gasteiger partial charge in [0.15, 0.2) is 0 Å². The smallest absolute Gasteiger partial charge is 0.212 e. The summed E-state index contributed by atoms with van der Waals surface area (Å²) in [5, 5.41) is 1.97. The summed E-state index contributed by atoms with van der Waals surface area (Å²) < 4.78 is 0. The van der Waals surface area contributed by atoms with Crippen molar-refractivity contribution >= 4 is 22.2 Å². The molecule has 0 unspecified atom stereocenters. The Morgan fingerprint density at radius 3 is 2.68 bits per heavy atom. The van der Waals surface area contributed by atoms with E-state index in [9.17, 15) is 4.79 Å². The van der Waals surface area contributed by atoms with E-state index in [0.717, 1.165) is 21.9 Å². The van der Waals surface area contributed by atoms with Crippen LogP contribution < -0.4 is 5.73 Å². The largest absolute Gasteiger partial charge is 0.398 e. The number of aromatic nitrogens is 1. The molecule has 3 heteroatoms. The van der Waals surface area contributed by atoms with Gasteiger partial charge in [-0.25, -0.2) is 0 Å². The summed E-state index contributed by atoms with van der Waals surface area (Å²) >= 11 is 0. The molecule has 3 aromatic rings. The lowest BCUT2D eigenvalue weighted by Gasteiger charge is -2.20. The van der Waals surface area contributed by atoms with Crippen molar-refractivity contribution in [3.8, 4) is 11.1 Å². The van der Waals surface area contributed by atoms with Crippen LogP contribution in [0.5, 0.6) is 0 Å². The third kappa shape index (κ3) is 1.21. The number of hydrogen-bond donors (Lipinski definition) is 1. The molecule has 0 atom stereocenters. The molecule has 0 bridgehead atoms. The van der Waals surface area contributed by atoms with Crippen LogP contribution in [0.1, 0.15) is 16.1 Å². The van der Waals surface area contributed by atoms with Crippen LogP contribution in [0.2, 0.25) is 0 Å². The highest BCUT2D eigenvalue weighted by molar-refractivity contribution is 6.26. The van der Waals surface area contributed by atoms with E-state index in [1.54, 1.807) is 6.20 Å². The van der Waals surface area contributed by atoms with Crippen molar-refractivity contribution in [3.63, 3.8) is 0 Å². The number of hydrogen-bond acceptors (Lipinski definition) is 3. The first kappa shape index (κ1) is 10.3. The van der Waals surface area contributed by atoms with E-state index in [2.05, 4.69) is 4.98 Å². The molecule has 1 aromatic heterocycles. The first-order valence-corrected chi connectivity index (χ1v) is 6.08. The van der Waals surface area contributed by atoms with Crippen LogP contribution in [0.3, 0.4) is 0 Å². The highest BCUT2D eigenvalue weighted by atomic mass is 16.1. The molecule has 19 heavy (non-hydrogen) atoms. The number of ketones is 1. The summed E-state index contributed by atoms with van der Waals surface area (Å²) in [4.78, 5) is 16.7. The number of fused-ring (bicyclic) bond motifs is 2. The van der Waals surface area contributed by atoms with E-state index in [1.807, 2.05) is 42.5 Å². The molecule has 0 spiro atoms. The molecule has 0 radical (unpaired) electrons. The zero-order valence-electron chi connectivity index (χ0n) is 10.1. The molecule has 4 rings (SSSR count). The molecule has 0 aliphatic heterocycles. The first-order chi connectivity index (χ1) is 9.27. The Morgan fingerprint density at radius 2 is 1.79 bits per heavy atom. The maximum absolute atomic E-state index is 12.5. The topological polar surface area (TPSA) is 56.0 Å². The summed E-state index contributed by atoms with van der Waals surface area (Å²) in [7, 11) is 0. The minimum absolute atomic E-state index is 0.0284. The van der Waals surface area contributed by atoms with E-state index in [1.165, 1.54) is 0 Å². The van der Waals surface area contributed by atoms with Crippen molar-refractivity contribution in [2.45, 2.75) is 0 Å². The number of nitrogens with zero attached hydrogens (tertiary/aromatic N) is 1. The second-order valence-corrected chi connectivity index (χ2v) is 4.66. The zero-order chi connectivity index (χ0) is 13.0. The van der Waals surface area contributed by atoms with Gasteiger partial charge in [0.1, 0.15) is 5.69 Å². The molecular weight excluding hydrogens is 236 g/mol. The lowest BCUT2D eigenvalue weighted by Crippen LogP contribution is -2.12. The van der Waals surface area contributed by atoms with E-state index in [0.29, 0.717) is 16.9 Å². The fourth-order valence-corrected chi connectivity index (χ4v) is 2.79. The van der Waals surface area contributed by atoms with Gasteiger partial charge in [0.2, 0.25) is 5.78 Å². The third-order valence-corrected chi connectivity index (χ3v) is 3.61. The van der Waals surface area contributed by atoms with E-state index in [-0.39, 0.29) is 5.78 Å². The number of benzene rings is 2. The minimum Gasteiger partial charge on any atom is -0.398 e. The number of nitrogen functional groups attached to an aromatic ring is 1. The molecule has 3 nitrogen and oxygen atoms in total. The Bertz CT molecular complexity index is 852. The monoisotopic (exact) mass is 246 g/mol. The summed E-state index contributed by atoms with van der Waals surface area (Å²) in [6.07, 6.45) is 1.64. The van der Waals surface area contributed by atoms with Crippen molar-refractivity contribution < 1.29 is 4.79 Å². The van der Waals surface area contributed by atoms with Gasteiger partial charge in [-0.2, -0.15) is 0 Å². The molecule has 2 aromatic carbocycles. The number of rotatable bonds is 0. The average molecular weight is 246 g/mol. The number of carbonyl (C=O) groups excluding carboxylic acids is 1. The van der Waals surface area contributed by atoms with Crippen molar-refractivity contribution in [1.82, 2.24) is 4.98 Å². The van der Waals surface area contributed by atoms with Crippen molar-refractivity contribution in [2.24, 2.45) is 0 Å². The van der Waals surface area contributed by atoms with Crippen LogP contribution in [0.15, 0.2) is 48.7 Å². The maximum Gasteiger partial charge on any atom is 0.212 e.